The molecule has 0 fully saturated rings. The number of nitrogens with one attached hydrogen (secondary N) is 2. The number of benzene rings is 2. The molecular formula is C18H19FN2O4. The van der Waals surface area contributed by atoms with Crippen LogP contribution in [-0.4, -0.2) is 25.0 Å². The van der Waals surface area contributed by atoms with Crippen molar-refractivity contribution in [2.24, 2.45) is 0 Å². The molecule has 7 heteroatoms. The molecule has 0 unspecified atom stereocenters. The van der Waals surface area contributed by atoms with E-state index in [1.807, 2.05) is 6.92 Å². The zero-order chi connectivity index (χ0) is 18.1. The quantitative estimate of drug-likeness (QED) is 0.752. The number of carbonyl (C=O) groups excluding carboxylic acids is 2. The van der Waals surface area contributed by atoms with Crippen molar-refractivity contribution in [3.8, 4) is 11.5 Å². The van der Waals surface area contributed by atoms with Crippen LogP contribution < -0.4 is 20.3 Å². The standard InChI is InChI=1S/C18H19FN2O4/c1-2-24-15-5-3-4-6-16(15)25-12-18(23)21-20-17(22)11-13-7-9-14(19)10-8-13/h3-10H,2,11-12H2,1H3,(H,20,22)(H,21,23). The molecule has 0 saturated carbocycles. The van der Waals surface area contributed by atoms with Crippen LogP contribution in [0.5, 0.6) is 11.5 Å². The van der Waals surface area contributed by atoms with Crippen molar-refractivity contribution in [1.82, 2.24) is 10.9 Å². The molecule has 0 heterocycles. The highest BCUT2D eigenvalue weighted by Crippen LogP contribution is 2.26. The van der Waals surface area contributed by atoms with Crippen molar-refractivity contribution in [2.75, 3.05) is 13.2 Å². The van der Waals surface area contributed by atoms with Crippen molar-refractivity contribution < 1.29 is 23.5 Å². The van der Waals surface area contributed by atoms with Crippen LogP contribution >= 0.6 is 0 Å². The molecule has 2 N–H and O–H groups in total. The van der Waals surface area contributed by atoms with E-state index in [2.05, 4.69) is 10.9 Å². The van der Waals surface area contributed by atoms with Crippen molar-refractivity contribution in [1.29, 1.82) is 0 Å². The number of hydrogen-bond acceptors (Lipinski definition) is 4. The molecule has 132 valence electrons. The van der Waals surface area contributed by atoms with Crippen molar-refractivity contribution >= 4 is 11.8 Å². The van der Waals surface area contributed by atoms with Gasteiger partial charge in [0.05, 0.1) is 13.0 Å². The van der Waals surface area contributed by atoms with Crippen LogP contribution in [-0.2, 0) is 16.0 Å². The summed E-state index contributed by atoms with van der Waals surface area (Å²) in [4.78, 5) is 23.5. The van der Waals surface area contributed by atoms with E-state index in [4.69, 9.17) is 9.47 Å². The van der Waals surface area contributed by atoms with Crippen LogP contribution in [0, 0.1) is 5.82 Å². The number of ether oxygens (including phenoxy) is 2. The van der Waals surface area contributed by atoms with Crippen LogP contribution in [0.3, 0.4) is 0 Å². The highest BCUT2D eigenvalue weighted by Gasteiger charge is 2.09. The predicted molar refractivity (Wildman–Crippen MR) is 89.5 cm³/mol. The lowest BCUT2D eigenvalue weighted by Gasteiger charge is -2.12. The summed E-state index contributed by atoms with van der Waals surface area (Å²) in [6.07, 6.45) is 0.0224. The third-order valence-corrected chi connectivity index (χ3v) is 3.13. The largest absolute Gasteiger partial charge is 0.490 e. The average Bonchev–Trinajstić information content (AvgIpc) is 2.61. The van der Waals surface area contributed by atoms with E-state index in [-0.39, 0.29) is 18.8 Å². The molecule has 0 radical (unpaired) electrons. The molecular weight excluding hydrogens is 327 g/mol. The van der Waals surface area contributed by atoms with Gasteiger partial charge in [-0.15, -0.1) is 0 Å². The van der Waals surface area contributed by atoms with Gasteiger partial charge in [0.2, 0.25) is 5.91 Å². The second-order valence-corrected chi connectivity index (χ2v) is 5.07. The van der Waals surface area contributed by atoms with Gasteiger partial charge in [-0.05, 0) is 36.8 Å². The molecule has 0 spiro atoms. The number of halogens is 1. The summed E-state index contributed by atoms with van der Waals surface area (Å²) in [5, 5.41) is 0. The number of hydrogen-bond donors (Lipinski definition) is 2. The average molecular weight is 346 g/mol. The molecule has 0 aliphatic heterocycles. The first kappa shape index (κ1) is 18.3. The summed E-state index contributed by atoms with van der Waals surface area (Å²) >= 11 is 0. The van der Waals surface area contributed by atoms with E-state index in [1.54, 1.807) is 24.3 Å². The van der Waals surface area contributed by atoms with Gasteiger partial charge in [0.15, 0.2) is 18.1 Å². The van der Waals surface area contributed by atoms with Crippen LogP contribution in [0.4, 0.5) is 4.39 Å². The molecule has 0 aromatic heterocycles. The highest BCUT2D eigenvalue weighted by molar-refractivity contribution is 5.83. The molecule has 2 rings (SSSR count). The van der Waals surface area contributed by atoms with Gasteiger partial charge in [-0.3, -0.25) is 20.4 Å². The summed E-state index contributed by atoms with van der Waals surface area (Å²) in [5.74, 6) is -0.328. The second-order valence-electron chi connectivity index (χ2n) is 5.07. The normalized spacial score (nSPS) is 10.0. The lowest BCUT2D eigenvalue weighted by atomic mass is 10.1. The topological polar surface area (TPSA) is 76.7 Å². The van der Waals surface area contributed by atoms with Crippen LogP contribution in [0.15, 0.2) is 48.5 Å². The van der Waals surface area contributed by atoms with Crippen molar-refractivity contribution in [2.45, 2.75) is 13.3 Å². The van der Waals surface area contributed by atoms with Crippen LogP contribution in [0.2, 0.25) is 0 Å². The Kier molecular flexibility index (Phi) is 6.76. The smallest absolute Gasteiger partial charge is 0.276 e. The molecule has 6 nitrogen and oxygen atoms in total. The predicted octanol–water partition coefficient (Wildman–Crippen LogP) is 1.99. The Labute approximate surface area is 144 Å². The number of rotatable bonds is 7. The van der Waals surface area contributed by atoms with Gasteiger partial charge < -0.3 is 9.47 Å². The molecule has 0 bridgehead atoms. The molecule has 0 saturated heterocycles. The van der Waals surface area contributed by atoms with E-state index in [1.165, 1.54) is 24.3 Å². The second kappa shape index (κ2) is 9.27. The van der Waals surface area contributed by atoms with Gasteiger partial charge >= 0.3 is 0 Å². The Morgan fingerprint density at radius 1 is 0.920 bits per heavy atom. The summed E-state index contributed by atoms with van der Waals surface area (Å²) in [6, 6.07) is 12.5. The Morgan fingerprint density at radius 2 is 1.52 bits per heavy atom. The minimum absolute atomic E-state index is 0.0224. The molecule has 25 heavy (non-hydrogen) atoms. The third kappa shape index (κ3) is 6.14. The molecule has 0 atom stereocenters. The highest BCUT2D eigenvalue weighted by atomic mass is 19.1. The van der Waals surface area contributed by atoms with Gasteiger partial charge in [-0.2, -0.15) is 0 Å². The minimum Gasteiger partial charge on any atom is -0.490 e. The maximum absolute atomic E-state index is 12.8. The number of para-hydroxylation sites is 2. The first-order chi connectivity index (χ1) is 12.1. The first-order valence-corrected chi connectivity index (χ1v) is 7.75. The zero-order valence-electron chi connectivity index (χ0n) is 13.8. The summed E-state index contributed by atoms with van der Waals surface area (Å²) in [5.41, 5.74) is 5.17. The maximum atomic E-state index is 12.8. The fourth-order valence-corrected chi connectivity index (χ4v) is 1.99. The van der Waals surface area contributed by atoms with Crippen molar-refractivity contribution in [3.05, 3.63) is 59.9 Å². The van der Waals surface area contributed by atoms with E-state index >= 15 is 0 Å². The fourth-order valence-electron chi connectivity index (χ4n) is 1.99. The summed E-state index contributed by atoms with van der Waals surface area (Å²) in [6.45, 7) is 2.05. The lowest BCUT2D eigenvalue weighted by molar-refractivity contribution is -0.129. The van der Waals surface area contributed by atoms with E-state index in [0.717, 1.165) is 0 Å². The minimum atomic E-state index is -0.515. The monoisotopic (exact) mass is 346 g/mol. The molecule has 2 aromatic carbocycles. The fraction of sp³-hybridized carbons (Fsp3) is 0.222. The summed E-state index contributed by atoms with van der Waals surface area (Å²) < 4.78 is 23.6. The van der Waals surface area contributed by atoms with Crippen LogP contribution in [0.25, 0.3) is 0 Å². The SMILES string of the molecule is CCOc1ccccc1OCC(=O)NNC(=O)Cc1ccc(F)cc1. The van der Waals surface area contributed by atoms with Gasteiger partial charge in [-0.1, -0.05) is 24.3 Å². The number of hydrazine groups is 1. The zero-order valence-corrected chi connectivity index (χ0v) is 13.8. The lowest BCUT2D eigenvalue weighted by Crippen LogP contribution is -2.44. The van der Waals surface area contributed by atoms with E-state index < -0.39 is 11.8 Å². The van der Waals surface area contributed by atoms with E-state index in [9.17, 15) is 14.0 Å². The first-order valence-electron chi connectivity index (χ1n) is 7.75. The number of carbonyl (C=O) groups is 2. The molecule has 0 aliphatic rings. The Bertz CT molecular complexity index is 719. The van der Waals surface area contributed by atoms with Gasteiger partial charge in [0.1, 0.15) is 5.82 Å². The summed E-state index contributed by atoms with van der Waals surface area (Å²) in [7, 11) is 0. The number of amides is 2. The Hall–Kier alpha value is -3.09. The van der Waals surface area contributed by atoms with Gasteiger partial charge in [0.25, 0.3) is 5.91 Å². The van der Waals surface area contributed by atoms with E-state index in [0.29, 0.717) is 23.7 Å². The molecule has 2 aromatic rings. The molecule has 0 aliphatic carbocycles. The van der Waals surface area contributed by atoms with Crippen LogP contribution in [0.1, 0.15) is 12.5 Å². The van der Waals surface area contributed by atoms with Gasteiger partial charge in [-0.25, -0.2) is 4.39 Å². The Morgan fingerprint density at radius 3 is 2.16 bits per heavy atom. The van der Waals surface area contributed by atoms with Gasteiger partial charge in [0, 0.05) is 0 Å². The molecule has 2 amide bonds. The van der Waals surface area contributed by atoms with Crippen molar-refractivity contribution in [3.63, 3.8) is 0 Å². The Balaban J connectivity index is 1.75. The third-order valence-electron chi connectivity index (χ3n) is 3.13. The maximum Gasteiger partial charge on any atom is 0.276 e.